The molecule has 0 unspecified atom stereocenters. The molecule has 0 spiro atoms. The molecule has 4 nitrogen and oxygen atoms in total. The second-order valence-electron chi connectivity index (χ2n) is 5.23. The Balaban J connectivity index is 2.07. The second kappa shape index (κ2) is 5.80. The van der Waals surface area contributed by atoms with Crippen LogP contribution in [0, 0.1) is 0 Å². The molecule has 0 fully saturated rings. The van der Waals surface area contributed by atoms with E-state index in [1.54, 1.807) is 0 Å². The largest absolute Gasteiger partial charge is 0.342 e. The van der Waals surface area contributed by atoms with Gasteiger partial charge in [-0.1, -0.05) is 30.3 Å². The smallest absolute Gasteiger partial charge is 0.137 e. The predicted octanol–water partition coefficient (Wildman–Crippen LogP) is 2.19. The monoisotopic (exact) mass is 257 g/mol. The fourth-order valence-electron chi connectivity index (χ4n) is 2.05. The van der Waals surface area contributed by atoms with Crippen molar-refractivity contribution >= 4 is 6.29 Å². The highest BCUT2D eigenvalue weighted by Gasteiger charge is 2.18. The summed E-state index contributed by atoms with van der Waals surface area (Å²) in [5.74, 6) is 0.877. The van der Waals surface area contributed by atoms with Crippen LogP contribution in [0.2, 0.25) is 0 Å². The highest BCUT2D eigenvalue weighted by molar-refractivity contribution is 5.54. The van der Waals surface area contributed by atoms with Crippen molar-refractivity contribution in [1.82, 2.24) is 15.3 Å². The summed E-state index contributed by atoms with van der Waals surface area (Å²) in [5, 5.41) is 3.19. The quantitative estimate of drug-likeness (QED) is 0.780. The standard InChI is InChI=1S/C15H19N3O/c1-15(2,17-8-9-19)10-13-11-16-14(18-13)12-6-4-3-5-7-12/h3-7,9,11,17H,8,10H2,1-2H3,(H,16,18). The zero-order chi connectivity index (χ0) is 13.7. The van der Waals surface area contributed by atoms with Gasteiger partial charge < -0.3 is 15.1 Å². The fourth-order valence-corrected chi connectivity index (χ4v) is 2.05. The Morgan fingerprint density at radius 1 is 1.32 bits per heavy atom. The lowest BCUT2D eigenvalue weighted by atomic mass is 9.99. The van der Waals surface area contributed by atoms with Crippen molar-refractivity contribution in [2.75, 3.05) is 6.54 Å². The van der Waals surface area contributed by atoms with Crippen LogP contribution in [-0.4, -0.2) is 28.3 Å². The van der Waals surface area contributed by atoms with Gasteiger partial charge in [0.05, 0.1) is 6.54 Å². The zero-order valence-electron chi connectivity index (χ0n) is 11.3. The molecule has 1 aromatic carbocycles. The van der Waals surface area contributed by atoms with E-state index in [0.29, 0.717) is 6.54 Å². The molecule has 19 heavy (non-hydrogen) atoms. The minimum atomic E-state index is -0.137. The van der Waals surface area contributed by atoms with Gasteiger partial charge in [0.2, 0.25) is 0 Å². The topological polar surface area (TPSA) is 57.8 Å². The van der Waals surface area contributed by atoms with Crippen molar-refractivity contribution in [2.24, 2.45) is 0 Å². The Hall–Kier alpha value is -1.94. The van der Waals surface area contributed by atoms with E-state index < -0.39 is 0 Å². The van der Waals surface area contributed by atoms with Crippen molar-refractivity contribution < 1.29 is 4.79 Å². The molecule has 4 heteroatoms. The molecule has 0 bridgehead atoms. The van der Waals surface area contributed by atoms with E-state index in [4.69, 9.17) is 0 Å². The SMILES string of the molecule is CC(C)(Cc1cnc(-c2ccccc2)[nH]1)NCC=O. The lowest BCUT2D eigenvalue weighted by Crippen LogP contribution is -2.42. The number of aromatic amines is 1. The lowest BCUT2D eigenvalue weighted by Gasteiger charge is -2.24. The van der Waals surface area contributed by atoms with Gasteiger partial charge in [0, 0.05) is 29.4 Å². The second-order valence-corrected chi connectivity index (χ2v) is 5.23. The Kier molecular flexibility index (Phi) is 4.12. The number of imidazole rings is 1. The summed E-state index contributed by atoms with van der Waals surface area (Å²) in [4.78, 5) is 18.1. The van der Waals surface area contributed by atoms with Crippen LogP contribution in [0.15, 0.2) is 36.5 Å². The molecule has 0 aliphatic carbocycles. The summed E-state index contributed by atoms with van der Waals surface area (Å²) in [5.41, 5.74) is 2.00. The van der Waals surface area contributed by atoms with E-state index >= 15 is 0 Å². The average Bonchev–Trinajstić information content (AvgIpc) is 2.85. The molecule has 0 radical (unpaired) electrons. The number of nitrogens with one attached hydrogen (secondary N) is 2. The highest BCUT2D eigenvalue weighted by atomic mass is 16.1. The maximum absolute atomic E-state index is 10.4. The Bertz CT molecular complexity index is 531. The number of hydrogen-bond acceptors (Lipinski definition) is 3. The normalized spacial score (nSPS) is 11.5. The molecule has 2 aromatic rings. The maximum atomic E-state index is 10.4. The number of nitrogens with zero attached hydrogens (tertiary/aromatic N) is 1. The number of carbonyl (C=O) groups excluding carboxylic acids is 1. The molecule has 2 rings (SSSR count). The average molecular weight is 257 g/mol. The van der Waals surface area contributed by atoms with Gasteiger partial charge in [0.15, 0.2) is 0 Å². The molecule has 0 aliphatic heterocycles. The van der Waals surface area contributed by atoms with E-state index in [1.165, 1.54) is 0 Å². The van der Waals surface area contributed by atoms with Gasteiger partial charge in [0.1, 0.15) is 12.1 Å². The van der Waals surface area contributed by atoms with Gasteiger partial charge in [-0.05, 0) is 13.8 Å². The minimum Gasteiger partial charge on any atom is -0.342 e. The van der Waals surface area contributed by atoms with Crippen molar-refractivity contribution in [1.29, 1.82) is 0 Å². The summed E-state index contributed by atoms with van der Waals surface area (Å²) in [6, 6.07) is 10.0. The number of aromatic nitrogens is 2. The van der Waals surface area contributed by atoms with Crippen molar-refractivity contribution in [2.45, 2.75) is 25.8 Å². The molecule has 100 valence electrons. The van der Waals surface area contributed by atoms with E-state index in [9.17, 15) is 4.79 Å². The van der Waals surface area contributed by atoms with Gasteiger partial charge in [-0.2, -0.15) is 0 Å². The lowest BCUT2D eigenvalue weighted by molar-refractivity contribution is -0.107. The fraction of sp³-hybridized carbons (Fsp3) is 0.333. The van der Waals surface area contributed by atoms with Gasteiger partial charge in [-0.15, -0.1) is 0 Å². The molecular formula is C15H19N3O. The summed E-state index contributed by atoms with van der Waals surface area (Å²) < 4.78 is 0. The van der Waals surface area contributed by atoms with Crippen LogP contribution in [0.3, 0.4) is 0 Å². The number of hydrogen-bond donors (Lipinski definition) is 2. The van der Waals surface area contributed by atoms with E-state index in [2.05, 4.69) is 29.1 Å². The van der Waals surface area contributed by atoms with Gasteiger partial charge in [-0.25, -0.2) is 4.98 Å². The number of H-pyrrole nitrogens is 1. The van der Waals surface area contributed by atoms with Gasteiger partial charge >= 0.3 is 0 Å². The molecule has 0 amide bonds. The van der Waals surface area contributed by atoms with Crippen molar-refractivity contribution in [3.63, 3.8) is 0 Å². The molecule has 2 N–H and O–H groups in total. The van der Waals surface area contributed by atoms with Crippen LogP contribution >= 0.6 is 0 Å². The number of carbonyl (C=O) groups is 1. The van der Waals surface area contributed by atoms with Crippen LogP contribution in [0.25, 0.3) is 11.4 Å². The summed E-state index contributed by atoms with van der Waals surface area (Å²) in [7, 11) is 0. The van der Waals surface area contributed by atoms with E-state index in [0.717, 1.165) is 29.8 Å². The number of aldehydes is 1. The first-order chi connectivity index (χ1) is 9.11. The Labute approximate surface area is 113 Å². The minimum absolute atomic E-state index is 0.137. The molecule has 0 aliphatic rings. The number of benzene rings is 1. The molecule has 0 saturated carbocycles. The number of rotatable bonds is 6. The van der Waals surface area contributed by atoms with Crippen molar-refractivity contribution in [3.8, 4) is 11.4 Å². The first kappa shape index (κ1) is 13.5. The molecule has 1 heterocycles. The van der Waals surface area contributed by atoms with Gasteiger partial charge in [-0.3, -0.25) is 0 Å². The zero-order valence-corrected chi connectivity index (χ0v) is 11.3. The van der Waals surface area contributed by atoms with Crippen molar-refractivity contribution in [3.05, 3.63) is 42.2 Å². The first-order valence-electron chi connectivity index (χ1n) is 6.39. The first-order valence-corrected chi connectivity index (χ1v) is 6.39. The molecule has 0 atom stereocenters. The Morgan fingerprint density at radius 3 is 2.74 bits per heavy atom. The van der Waals surface area contributed by atoms with E-state index in [-0.39, 0.29) is 5.54 Å². The summed E-state index contributed by atoms with van der Waals surface area (Å²) in [6.07, 6.45) is 3.53. The molecule has 0 saturated heterocycles. The van der Waals surface area contributed by atoms with Gasteiger partial charge in [0.25, 0.3) is 0 Å². The maximum Gasteiger partial charge on any atom is 0.137 e. The highest BCUT2D eigenvalue weighted by Crippen LogP contribution is 2.17. The molecule has 1 aromatic heterocycles. The third-order valence-electron chi connectivity index (χ3n) is 2.97. The summed E-state index contributed by atoms with van der Waals surface area (Å²) >= 11 is 0. The van der Waals surface area contributed by atoms with Crippen LogP contribution in [0.1, 0.15) is 19.5 Å². The van der Waals surface area contributed by atoms with Crippen LogP contribution in [0.4, 0.5) is 0 Å². The Morgan fingerprint density at radius 2 is 2.05 bits per heavy atom. The van der Waals surface area contributed by atoms with Crippen LogP contribution in [0.5, 0.6) is 0 Å². The van der Waals surface area contributed by atoms with E-state index in [1.807, 2.05) is 36.5 Å². The third kappa shape index (κ3) is 3.76. The predicted molar refractivity (Wildman–Crippen MR) is 75.9 cm³/mol. The van der Waals surface area contributed by atoms with Crippen LogP contribution < -0.4 is 5.32 Å². The summed E-state index contributed by atoms with van der Waals surface area (Å²) in [6.45, 7) is 4.51. The van der Waals surface area contributed by atoms with Crippen LogP contribution in [-0.2, 0) is 11.2 Å². The molecular weight excluding hydrogens is 238 g/mol. The third-order valence-corrected chi connectivity index (χ3v) is 2.97.